The van der Waals surface area contributed by atoms with Crippen LogP contribution in [0, 0.1) is 17.9 Å². The number of hydrogen-bond acceptors (Lipinski definition) is 1. The number of aromatic nitrogens is 1. The predicted molar refractivity (Wildman–Crippen MR) is 168 cm³/mol. The number of rotatable bonds is 4. The van der Waals surface area contributed by atoms with E-state index in [0.29, 0.717) is 16.8 Å². The fourth-order valence-electron chi connectivity index (χ4n) is 5.88. The molecule has 0 bridgehead atoms. The average Bonchev–Trinajstić information content (AvgIpc) is 3.39. The fourth-order valence-corrected chi connectivity index (χ4v) is 5.88. The molecule has 0 N–H and O–H groups in total. The normalized spacial score (nSPS) is 10.9. The van der Waals surface area contributed by atoms with E-state index >= 15 is 0 Å². The van der Waals surface area contributed by atoms with E-state index in [9.17, 15) is 5.26 Å². The molecule has 0 fully saturated rings. The molecule has 7 aromatic rings. The summed E-state index contributed by atoms with van der Waals surface area (Å²) in [6.07, 6.45) is 0. The van der Waals surface area contributed by atoms with Crippen LogP contribution in [0.25, 0.3) is 65.7 Å². The van der Waals surface area contributed by atoms with Crippen molar-refractivity contribution < 1.29 is 0 Å². The van der Waals surface area contributed by atoms with Gasteiger partial charge in [-0.3, -0.25) is 0 Å². The van der Waals surface area contributed by atoms with E-state index in [1.807, 2.05) is 36.4 Å². The van der Waals surface area contributed by atoms with Crippen molar-refractivity contribution in [2.45, 2.75) is 0 Å². The molecule has 0 saturated heterocycles. The molecule has 7 rings (SSSR count). The Labute approximate surface area is 238 Å². The first-order chi connectivity index (χ1) is 20.3. The number of para-hydroxylation sites is 2. The molecule has 0 spiro atoms. The van der Waals surface area contributed by atoms with Crippen LogP contribution in [0.2, 0.25) is 0 Å². The van der Waals surface area contributed by atoms with Gasteiger partial charge in [0, 0.05) is 27.5 Å². The maximum absolute atomic E-state index is 10.1. The van der Waals surface area contributed by atoms with Crippen molar-refractivity contribution >= 4 is 27.5 Å². The summed E-state index contributed by atoms with van der Waals surface area (Å²) in [5.41, 5.74) is 9.83. The van der Waals surface area contributed by atoms with Crippen LogP contribution in [0.3, 0.4) is 0 Å². The van der Waals surface area contributed by atoms with Crippen molar-refractivity contribution in [3.63, 3.8) is 0 Å². The summed E-state index contributed by atoms with van der Waals surface area (Å²) < 4.78 is 2.34. The topological polar surface area (TPSA) is 33.1 Å². The minimum Gasteiger partial charge on any atom is -0.309 e. The standard InChI is InChI=1S/C38H23N3/c1-40-34-20-12-17-28(25-39)38(34)33-23-32(27-15-6-3-7-16-27)37(24-31(33)26-13-4-2-5-14-26)41-35-21-10-8-18-29(35)30-19-9-11-22-36(30)41/h2-24H. The molecular weight excluding hydrogens is 498 g/mol. The zero-order chi connectivity index (χ0) is 27.8. The zero-order valence-corrected chi connectivity index (χ0v) is 22.1. The molecule has 3 heteroatoms. The van der Waals surface area contributed by atoms with E-state index in [2.05, 4.69) is 100 Å². The van der Waals surface area contributed by atoms with Gasteiger partial charge in [-0.25, -0.2) is 4.85 Å². The second-order valence-corrected chi connectivity index (χ2v) is 9.94. The van der Waals surface area contributed by atoms with Gasteiger partial charge in [-0.05, 0) is 52.6 Å². The molecule has 0 aliphatic carbocycles. The lowest BCUT2D eigenvalue weighted by Gasteiger charge is -2.21. The summed E-state index contributed by atoms with van der Waals surface area (Å²) in [5, 5.41) is 12.5. The highest BCUT2D eigenvalue weighted by molar-refractivity contribution is 6.10. The van der Waals surface area contributed by atoms with Crippen LogP contribution in [0.1, 0.15) is 5.56 Å². The van der Waals surface area contributed by atoms with Gasteiger partial charge >= 0.3 is 0 Å². The van der Waals surface area contributed by atoms with E-state index in [1.54, 1.807) is 18.2 Å². The molecule has 0 amide bonds. The summed E-state index contributed by atoms with van der Waals surface area (Å²) in [5.74, 6) is 0. The number of nitriles is 1. The second kappa shape index (κ2) is 10.0. The first-order valence-corrected chi connectivity index (χ1v) is 13.5. The molecule has 3 nitrogen and oxygen atoms in total. The lowest BCUT2D eigenvalue weighted by atomic mass is 9.87. The molecule has 190 valence electrons. The van der Waals surface area contributed by atoms with E-state index < -0.39 is 0 Å². The molecule has 0 aliphatic heterocycles. The van der Waals surface area contributed by atoms with Crippen molar-refractivity contribution in [1.82, 2.24) is 4.57 Å². The average molecular weight is 522 g/mol. The fraction of sp³-hybridized carbons (Fsp3) is 0. The Morgan fingerprint density at radius 2 is 1.12 bits per heavy atom. The summed E-state index contributed by atoms with van der Waals surface area (Å²) in [4.78, 5) is 3.84. The number of fused-ring (bicyclic) bond motifs is 3. The molecule has 1 heterocycles. The monoisotopic (exact) mass is 521 g/mol. The van der Waals surface area contributed by atoms with Crippen molar-refractivity contribution in [3.05, 3.63) is 157 Å². The zero-order valence-electron chi connectivity index (χ0n) is 22.1. The van der Waals surface area contributed by atoms with Gasteiger partial charge in [0.1, 0.15) is 0 Å². The van der Waals surface area contributed by atoms with Gasteiger partial charge in [0.05, 0.1) is 29.4 Å². The summed E-state index contributed by atoms with van der Waals surface area (Å²) in [7, 11) is 0. The lowest BCUT2D eigenvalue weighted by Crippen LogP contribution is -2.00. The van der Waals surface area contributed by atoms with Crippen LogP contribution in [0.4, 0.5) is 5.69 Å². The SMILES string of the molecule is [C-]#[N+]c1cccc(C#N)c1-c1cc(-c2ccccc2)c(-n2c3ccccc3c3ccccc32)cc1-c1ccccc1. The Kier molecular flexibility index (Phi) is 5.90. The van der Waals surface area contributed by atoms with Crippen molar-refractivity contribution in [2.24, 2.45) is 0 Å². The van der Waals surface area contributed by atoms with Crippen molar-refractivity contribution in [2.75, 3.05) is 0 Å². The summed E-state index contributed by atoms with van der Waals surface area (Å²) >= 11 is 0. The Bertz CT molecular complexity index is 2070. The van der Waals surface area contributed by atoms with E-state index in [-0.39, 0.29) is 0 Å². The van der Waals surface area contributed by atoms with Gasteiger partial charge < -0.3 is 4.57 Å². The number of hydrogen-bond donors (Lipinski definition) is 0. The van der Waals surface area contributed by atoms with E-state index in [0.717, 1.165) is 44.5 Å². The van der Waals surface area contributed by atoms with Gasteiger partial charge in [-0.15, -0.1) is 0 Å². The molecule has 0 radical (unpaired) electrons. The van der Waals surface area contributed by atoms with E-state index in [1.165, 1.54) is 10.8 Å². The number of benzene rings is 6. The van der Waals surface area contributed by atoms with Crippen molar-refractivity contribution in [3.8, 4) is 45.1 Å². The van der Waals surface area contributed by atoms with Gasteiger partial charge in [-0.2, -0.15) is 5.26 Å². The Balaban J connectivity index is 1.68. The molecule has 6 aromatic carbocycles. The van der Waals surface area contributed by atoms with Crippen molar-refractivity contribution in [1.29, 1.82) is 5.26 Å². The molecule has 1 aromatic heterocycles. The summed E-state index contributed by atoms with van der Waals surface area (Å²) in [6.45, 7) is 7.95. The molecular formula is C38H23N3. The summed E-state index contributed by atoms with van der Waals surface area (Å²) in [6, 6.07) is 49.7. The highest BCUT2D eigenvalue weighted by Gasteiger charge is 2.22. The Hall–Kier alpha value is -5.90. The molecule has 41 heavy (non-hydrogen) atoms. The maximum Gasteiger partial charge on any atom is 0.196 e. The van der Waals surface area contributed by atoms with Crippen LogP contribution < -0.4 is 0 Å². The van der Waals surface area contributed by atoms with Crippen LogP contribution >= 0.6 is 0 Å². The first-order valence-electron chi connectivity index (χ1n) is 13.5. The maximum atomic E-state index is 10.1. The van der Waals surface area contributed by atoms with Crippen LogP contribution in [-0.2, 0) is 0 Å². The third kappa shape index (κ3) is 3.97. The molecule has 0 unspecified atom stereocenters. The Morgan fingerprint density at radius 3 is 1.71 bits per heavy atom. The van der Waals surface area contributed by atoms with E-state index in [4.69, 9.17) is 6.57 Å². The van der Waals surface area contributed by atoms with Gasteiger partial charge in [-0.1, -0.05) is 109 Å². The quantitative estimate of drug-likeness (QED) is 0.212. The third-order valence-electron chi connectivity index (χ3n) is 7.68. The first kappa shape index (κ1) is 24.2. The minimum atomic E-state index is 0.463. The van der Waals surface area contributed by atoms with Crippen LogP contribution in [-0.4, -0.2) is 4.57 Å². The minimum absolute atomic E-state index is 0.463. The van der Waals surface area contributed by atoms with Gasteiger partial charge in [0.25, 0.3) is 0 Å². The Morgan fingerprint density at radius 1 is 0.561 bits per heavy atom. The molecule has 0 saturated carbocycles. The highest BCUT2D eigenvalue weighted by atomic mass is 15.0. The molecule has 0 atom stereocenters. The second-order valence-electron chi connectivity index (χ2n) is 9.94. The van der Waals surface area contributed by atoms with Gasteiger partial charge in [0.15, 0.2) is 5.69 Å². The smallest absolute Gasteiger partial charge is 0.196 e. The predicted octanol–water partition coefficient (Wildman–Crippen LogP) is 10.2. The van der Waals surface area contributed by atoms with Crippen LogP contribution in [0.5, 0.6) is 0 Å². The highest BCUT2D eigenvalue weighted by Crippen LogP contribution is 2.45. The third-order valence-corrected chi connectivity index (χ3v) is 7.68. The molecule has 0 aliphatic rings. The van der Waals surface area contributed by atoms with Crippen LogP contribution in [0.15, 0.2) is 140 Å². The number of nitrogens with zero attached hydrogens (tertiary/aromatic N) is 3. The lowest BCUT2D eigenvalue weighted by molar-refractivity contribution is 1.18. The van der Waals surface area contributed by atoms with Gasteiger partial charge in [0.2, 0.25) is 0 Å². The largest absolute Gasteiger partial charge is 0.309 e.